The molecule has 2 radical (unpaired) electrons. The first-order valence-corrected chi connectivity index (χ1v) is 6.49. The Morgan fingerprint density at radius 1 is 1.53 bits per heavy atom. The molecule has 0 aliphatic carbocycles. The Morgan fingerprint density at radius 2 is 2.07 bits per heavy atom. The van der Waals surface area contributed by atoms with Gasteiger partial charge in [-0.2, -0.15) is 0 Å². The predicted octanol–water partition coefficient (Wildman–Crippen LogP) is 2.51. The lowest BCUT2D eigenvalue weighted by Crippen LogP contribution is -2.28. The van der Waals surface area contributed by atoms with Gasteiger partial charge < -0.3 is 9.53 Å². The zero-order valence-electron chi connectivity index (χ0n) is 10.1. The monoisotopic (exact) mass is 228 g/mol. The van der Waals surface area contributed by atoms with Crippen LogP contribution < -0.4 is 0 Å². The fourth-order valence-corrected chi connectivity index (χ4v) is 1.71. The molecule has 15 heavy (non-hydrogen) atoms. The van der Waals surface area contributed by atoms with E-state index in [-0.39, 0.29) is 21.3 Å². The van der Waals surface area contributed by atoms with Crippen LogP contribution in [0.5, 0.6) is 0 Å². The van der Waals surface area contributed by atoms with E-state index in [1.54, 1.807) is 13.8 Å². The van der Waals surface area contributed by atoms with E-state index in [1.807, 2.05) is 20.4 Å². The van der Waals surface area contributed by atoms with Crippen LogP contribution in [-0.2, 0) is 9.22 Å². The molecule has 0 aromatic rings. The molecule has 0 aromatic heterocycles. The lowest BCUT2D eigenvalue weighted by atomic mass is 10.0. The van der Waals surface area contributed by atoms with E-state index in [2.05, 4.69) is 0 Å². The first kappa shape index (κ1) is 14.4. The minimum absolute atomic E-state index is 0.00231. The minimum atomic E-state index is -0.764. The molecule has 0 aromatic carbocycles. The molecule has 0 unspecified atom stereocenters. The Morgan fingerprint density at radius 3 is 2.47 bits per heavy atom. The maximum atomic E-state index is 11.4. The number of ketones is 1. The highest BCUT2D eigenvalue weighted by molar-refractivity contribution is 6.25. The number of hydrogen-bond donors (Lipinski definition) is 1. The van der Waals surface area contributed by atoms with Crippen molar-refractivity contribution in [3.05, 3.63) is 11.8 Å². The van der Waals surface area contributed by atoms with Crippen LogP contribution in [0.4, 0.5) is 0 Å². The molecule has 0 fully saturated rings. The highest BCUT2D eigenvalue weighted by Crippen LogP contribution is 2.18. The van der Waals surface area contributed by atoms with Crippen LogP contribution in [0.15, 0.2) is 11.8 Å². The number of rotatable bonds is 6. The van der Waals surface area contributed by atoms with Crippen molar-refractivity contribution in [3.63, 3.8) is 0 Å². The van der Waals surface area contributed by atoms with Gasteiger partial charge >= 0.3 is 0 Å². The third-order valence-electron chi connectivity index (χ3n) is 1.88. The largest absolute Gasteiger partial charge is 0.509 e. The summed E-state index contributed by atoms with van der Waals surface area (Å²) in [6.45, 7) is 9.32. The molecule has 0 saturated heterocycles. The van der Waals surface area contributed by atoms with Gasteiger partial charge in [0.2, 0.25) is 9.76 Å². The van der Waals surface area contributed by atoms with E-state index in [4.69, 9.17) is 4.43 Å². The van der Waals surface area contributed by atoms with Gasteiger partial charge in [0.15, 0.2) is 5.78 Å². The molecule has 3 nitrogen and oxygen atoms in total. The summed E-state index contributed by atoms with van der Waals surface area (Å²) >= 11 is 0. The zero-order valence-corrected chi connectivity index (χ0v) is 11.1. The summed E-state index contributed by atoms with van der Waals surface area (Å²) in [4.78, 5) is 11.4. The minimum Gasteiger partial charge on any atom is -0.509 e. The fraction of sp³-hybridized carbons (Fsp3) is 0.727. The van der Waals surface area contributed by atoms with Crippen LogP contribution in [0.3, 0.4) is 0 Å². The molecule has 0 spiro atoms. The second-order valence-corrected chi connectivity index (χ2v) is 5.02. The molecular formula is C11H20O3Si. The van der Waals surface area contributed by atoms with Gasteiger partial charge in [-0.25, -0.2) is 0 Å². The molecule has 0 saturated carbocycles. The first-order chi connectivity index (χ1) is 6.79. The van der Waals surface area contributed by atoms with Gasteiger partial charge in [-0.1, -0.05) is 13.8 Å². The second kappa shape index (κ2) is 6.08. The van der Waals surface area contributed by atoms with Crippen molar-refractivity contribution in [2.45, 2.75) is 46.3 Å². The van der Waals surface area contributed by atoms with Crippen molar-refractivity contribution in [2.75, 3.05) is 0 Å². The molecule has 0 rings (SSSR count). The van der Waals surface area contributed by atoms with Crippen molar-refractivity contribution in [2.24, 2.45) is 5.92 Å². The first-order valence-electron chi connectivity index (χ1n) is 5.08. The number of carbonyl (C=O) groups is 1. The Hall–Kier alpha value is -0.613. The maximum Gasteiger partial charge on any atom is 0.227 e. The van der Waals surface area contributed by atoms with Gasteiger partial charge in [-0.3, -0.25) is 4.79 Å². The summed E-state index contributed by atoms with van der Waals surface area (Å²) in [6, 6.07) is 0. The van der Waals surface area contributed by atoms with E-state index >= 15 is 0 Å². The van der Waals surface area contributed by atoms with Crippen LogP contribution in [0, 0.1) is 5.92 Å². The van der Waals surface area contributed by atoms with Gasteiger partial charge in [0.1, 0.15) is 11.4 Å². The van der Waals surface area contributed by atoms with Crippen molar-refractivity contribution < 1.29 is 14.3 Å². The molecule has 0 heterocycles. The van der Waals surface area contributed by atoms with E-state index in [0.717, 1.165) is 0 Å². The highest BCUT2D eigenvalue weighted by atomic mass is 28.2. The molecule has 1 N–H and O–H groups in total. The average molecular weight is 228 g/mol. The van der Waals surface area contributed by atoms with E-state index < -0.39 is 5.60 Å². The van der Waals surface area contributed by atoms with Crippen LogP contribution in [0.1, 0.15) is 34.1 Å². The van der Waals surface area contributed by atoms with E-state index in [0.29, 0.717) is 12.3 Å². The maximum absolute atomic E-state index is 11.4. The van der Waals surface area contributed by atoms with Crippen molar-refractivity contribution in [1.29, 1.82) is 0 Å². The van der Waals surface area contributed by atoms with Crippen LogP contribution in [-0.4, -0.2) is 26.3 Å². The van der Waals surface area contributed by atoms with Gasteiger partial charge in [0, 0.05) is 12.5 Å². The number of aliphatic hydroxyl groups is 1. The standard InChI is InChI=1S/C11H20O3Si/c1-8(2)6-9(12)7-10(13)11(3,4)14-15-5/h7-8,13H,6H2,1-5H3. The molecule has 86 valence electrons. The Balaban J connectivity index is 4.47. The van der Waals surface area contributed by atoms with Crippen molar-refractivity contribution in [1.82, 2.24) is 0 Å². The smallest absolute Gasteiger partial charge is 0.227 e. The molecule has 0 aliphatic rings. The molecule has 0 amide bonds. The van der Waals surface area contributed by atoms with Gasteiger partial charge in [-0.15, -0.1) is 0 Å². The van der Waals surface area contributed by atoms with Crippen molar-refractivity contribution in [3.8, 4) is 0 Å². The molecule has 0 atom stereocenters. The lowest BCUT2D eigenvalue weighted by molar-refractivity contribution is -0.115. The predicted molar refractivity (Wildman–Crippen MR) is 62.0 cm³/mol. The number of allylic oxidation sites excluding steroid dienone is 1. The third kappa shape index (κ3) is 5.74. The Labute approximate surface area is 94.5 Å². The Kier molecular flexibility index (Phi) is 5.83. The quantitative estimate of drug-likeness (QED) is 0.431. The van der Waals surface area contributed by atoms with Crippen LogP contribution in [0.25, 0.3) is 0 Å². The number of carbonyl (C=O) groups excluding carboxylic acids is 1. The van der Waals surface area contributed by atoms with Crippen LogP contribution in [0.2, 0.25) is 6.55 Å². The van der Waals surface area contributed by atoms with E-state index in [1.165, 1.54) is 6.08 Å². The van der Waals surface area contributed by atoms with Crippen molar-refractivity contribution >= 4 is 15.5 Å². The summed E-state index contributed by atoms with van der Waals surface area (Å²) in [5.74, 6) is 0.250. The lowest BCUT2D eigenvalue weighted by Gasteiger charge is -2.23. The topological polar surface area (TPSA) is 46.5 Å². The second-order valence-electron chi connectivity index (χ2n) is 4.41. The van der Waals surface area contributed by atoms with E-state index in [9.17, 15) is 9.90 Å². The molecular weight excluding hydrogens is 208 g/mol. The number of aliphatic hydroxyl groups excluding tert-OH is 1. The van der Waals surface area contributed by atoms with Gasteiger partial charge in [-0.05, 0) is 26.3 Å². The normalized spacial score (nSPS) is 13.3. The fourth-order valence-electron chi connectivity index (χ4n) is 1.10. The third-order valence-corrected chi connectivity index (χ3v) is 2.60. The highest BCUT2D eigenvalue weighted by Gasteiger charge is 2.23. The Bertz CT molecular complexity index is 244. The number of hydrogen-bond acceptors (Lipinski definition) is 3. The molecule has 0 bridgehead atoms. The van der Waals surface area contributed by atoms with Crippen LogP contribution >= 0.6 is 0 Å². The summed E-state index contributed by atoms with van der Waals surface area (Å²) in [5, 5.41) is 9.71. The van der Waals surface area contributed by atoms with Gasteiger partial charge in [0.25, 0.3) is 0 Å². The summed E-state index contributed by atoms with van der Waals surface area (Å²) in [7, 11) is 0.282. The summed E-state index contributed by atoms with van der Waals surface area (Å²) in [6.07, 6.45) is 1.73. The summed E-state index contributed by atoms with van der Waals surface area (Å²) in [5.41, 5.74) is -0.764. The average Bonchev–Trinajstić information content (AvgIpc) is 2.01. The molecule has 4 heteroatoms. The zero-order chi connectivity index (χ0) is 12.1. The summed E-state index contributed by atoms with van der Waals surface area (Å²) < 4.78 is 5.35. The SMILES string of the molecule is C[Si]OC(C)(C)C(O)=CC(=O)CC(C)C. The molecule has 0 aliphatic heterocycles. The van der Waals surface area contributed by atoms with Gasteiger partial charge in [0.05, 0.1) is 0 Å².